The highest BCUT2D eigenvalue weighted by molar-refractivity contribution is 7.13. The molecule has 0 bridgehead atoms. The number of hydrogen-bond donors (Lipinski definition) is 1. The van der Waals surface area contributed by atoms with Crippen molar-refractivity contribution in [3.63, 3.8) is 0 Å². The van der Waals surface area contributed by atoms with Crippen LogP contribution < -0.4 is 5.43 Å². The van der Waals surface area contributed by atoms with Crippen molar-refractivity contribution in [1.82, 2.24) is 4.98 Å². The first-order valence-corrected chi connectivity index (χ1v) is 5.42. The Kier molecular flexibility index (Phi) is 3.26. The molecule has 0 aliphatic rings. The van der Waals surface area contributed by atoms with Gasteiger partial charge in [0.15, 0.2) is 0 Å². The van der Waals surface area contributed by atoms with Gasteiger partial charge in [-0.1, -0.05) is 16.8 Å². The van der Waals surface area contributed by atoms with Crippen molar-refractivity contribution in [2.75, 3.05) is 5.43 Å². The number of benzene rings is 1. The lowest BCUT2D eigenvalue weighted by Gasteiger charge is -1.97. The first-order chi connectivity index (χ1) is 7.34. The Bertz CT molecular complexity index is 438. The summed E-state index contributed by atoms with van der Waals surface area (Å²) >= 11 is 7.16. The Morgan fingerprint density at radius 3 is 2.73 bits per heavy atom. The molecule has 0 aliphatic carbocycles. The van der Waals surface area contributed by atoms with Gasteiger partial charge < -0.3 is 0 Å². The second-order valence-corrected chi connectivity index (χ2v) is 3.94. The predicted octanol–water partition coefficient (Wildman–Crippen LogP) is 3.91. The molecule has 1 N–H and O–H groups in total. The van der Waals surface area contributed by atoms with Gasteiger partial charge in [0, 0.05) is 16.6 Å². The van der Waals surface area contributed by atoms with Crippen LogP contribution in [0.2, 0.25) is 5.02 Å². The third-order valence-corrected chi connectivity index (χ3v) is 2.49. The summed E-state index contributed by atoms with van der Waals surface area (Å²) < 4.78 is 0. The van der Waals surface area contributed by atoms with Crippen molar-refractivity contribution >= 4 is 33.8 Å². The van der Waals surface area contributed by atoms with Crippen LogP contribution in [-0.2, 0) is 0 Å². The number of thiazole rings is 1. The standard InChI is InChI=1S/C9H7ClN4S/c10-7-1-3-8(4-2-7)12-14-13-9-11-5-6-15-9/h1-6H,(H,11,12,13). The van der Waals surface area contributed by atoms with Gasteiger partial charge in [-0.05, 0) is 24.3 Å². The summed E-state index contributed by atoms with van der Waals surface area (Å²) in [4.78, 5) is 3.96. The van der Waals surface area contributed by atoms with Gasteiger partial charge in [0.05, 0.1) is 5.69 Å². The van der Waals surface area contributed by atoms with E-state index in [9.17, 15) is 0 Å². The fourth-order valence-electron chi connectivity index (χ4n) is 0.915. The fraction of sp³-hybridized carbons (Fsp3) is 0. The Hall–Kier alpha value is -1.46. The molecule has 1 aromatic heterocycles. The van der Waals surface area contributed by atoms with E-state index >= 15 is 0 Å². The highest BCUT2D eigenvalue weighted by atomic mass is 35.5. The summed E-state index contributed by atoms with van der Waals surface area (Å²) in [5, 5.41) is 10.8. The minimum Gasteiger partial charge on any atom is -0.260 e. The zero-order valence-corrected chi connectivity index (χ0v) is 9.16. The van der Waals surface area contributed by atoms with E-state index in [4.69, 9.17) is 11.6 Å². The smallest absolute Gasteiger partial charge is 0.231 e. The SMILES string of the molecule is Clc1ccc(N/N=N/c2nccs2)cc1. The van der Waals surface area contributed by atoms with Crippen LogP contribution in [-0.4, -0.2) is 4.98 Å². The molecule has 0 spiro atoms. The Morgan fingerprint density at radius 1 is 1.27 bits per heavy atom. The van der Waals surface area contributed by atoms with Gasteiger partial charge in [0.1, 0.15) is 0 Å². The molecule has 76 valence electrons. The van der Waals surface area contributed by atoms with Gasteiger partial charge in [0.2, 0.25) is 5.13 Å². The molecule has 0 fully saturated rings. The topological polar surface area (TPSA) is 49.6 Å². The number of hydrogen-bond acceptors (Lipinski definition) is 4. The first-order valence-electron chi connectivity index (χ1n) is 4.16. The number of halogens is 1. The molecule has 0 saturated heterocycles. The van der Waals surface area contributed by atoms with Crippen LogP contribution in [0.4, 0.5) is 10.8 Å². The minimum absolute atomic E-state index is 0.622. The summed E-state index contributed by atoms with van der Waals surface area (Å²) in [6, 6.07) is 7.21. The normalized spacial score (nSPS) is 10.7. The average molecular weight is 239 g/mol. The first kappa shape index (κ1) is 10.1. The van der Waals surface area contributed by atoms with Gasteiger partial charge >= 0.3 is 0 Å². The minimum atomic E-state index is 0.622. The molecule has 0 radical (unpaired) electrons. The van der Waals surface area contributed by atoms with E-state index in [2.05, 4.69) is 20.7 Å². The second-order valence-electron chi connectivity index (χ2n) is 2.63. The van der Waals surface area contributed by atoms with E-state index in [0.717, 1.165) is 5.69 Å². The molecule has 15 heavy (non-hydrogen) atoms. The maximum atomic E-state index is 5.74. The molecule has 6 heteroatoms. The molecule has 0 aliphatic heterocycles. The van der Waals surface area contributed by atoms with Crippen molar-refractivity contribution in [2.24, 2.45) is 10.3 Å². The highest BCUT2D eigenvalue weighted by Gasteiger charge is 1.91. The van der Waals surface area contributed by atoms with Crippen molar-refractivity contribution in [3.8, 4) is 0 Å². The third-order valence-electron chi connectivity index (χ3n) is 1.58. The molecular weight excluding hydrogens is 232 g/mol. The molecule has 0 unspecified atom stereocenters. The monoisotopic (exact) mass is 238 g/mol. The Labute approximate surface area is 95.6 Å². The number of nitrogens with one attached hydrogen (secondary N) is 1. The zero-order valence-electron chi connectivity index (χ0n) is 7.59. The summed E-state index contributed by atoms with van der Waals surface area (Å²) in [5.74, 6) is 0. The van der Waals surface area contributed by atoms with Gasteiger partial charge in [-0.15, -0.1) is 16.5 Å². The van der Waals surface area contributed by atoms with Crippen LogP contribution in [0, 0.1) is 0 Å². The molecule has 1 aromatic carbocycles. The van der Waals surface area contributed by atoms with Crippen LogP contribution in [0.3, 0.4) is 0 Å². The van der Waals surface area contributed by atoms with Crippen molar-refractivity contribution < 1.29 is 0 Å². The lowest BCUT2D eigenvalue weighted by Crippen LogP contribution is -1.84. The lowest BCUT2D eigenvalue weighted by molar-refractivity contribution is 1.11. The van der Waals surface area contributed by atoms with Crippen LogP contribution in [0.25, 0.3) is 0 Å². The van der Waals surface area contributed by atoms with Crippen molar-refractivity contribution in [2.45, 2.75) is 0 Å². The van der Waals surface area contributed by atoms with Crippen LogP contribution in [0.1, 0.15) is 0 Å². The number of anilines is 1. The van der Waals surface area contributed by atoms with E-state index in [1.54, 1.807) is 18.3 Å². The average Bonchev–Trinajstić information content (AvgIpc) is 2.74. The number of rotatable bonds is 3. The molecule has 2 rings (SSSR count). The van der Waals surface area contributed by atoms with Crippen LogP contribution >= 0.6 is 22.9 Å². The van der Waals surface area contributed by atoms with E-state index in [1.807, 2.05) is 17.5 Å². The largest absolute Gasteiger partial charge is 0.260 e. The van der Waals surface area contributed by atoms with Gasteiger partial charge in [-0.3, -0.25) is 5.43 Å². The molecule has 0 atom stereocenters. The molecule has 1 heterocycles. The Morgan fingerprint density at radius 2 is 2.07 bits per heavy atom. The van der Waals surface area contributed by atoms with Crippen molar-refractivity contribution in [1.29, 1.82) is 0 Å². The van der Waals surface area contributed by atoms with Crippen molar-refractivity contribution in [3.05, 3.63) is 40.9 Å². The summed E-state index contributed by atoms with van der Waals surface area (Å²) in [6.07, 6.45) is 1.68. The maximum Gasteiger partial charge on any atom is 0.231 e. The predicted molar refractivity (Wildman–Crippen MR) is 61.7 cm³/mol. The number of aromatic nitrogens is 1. The van der Waals surface area contributed by atoms with Crippen LogP contribution in [0.15, 0.2) is 46.2 Å². The summed E-state index contributed by atoms with van der Waals surface area (Å²) in [7, 11) is 0. The van der Waals surface area contributed by atoms with E-state index in [-0.39, 0.29) is 0 Å². The summed E-state index contributed by atoms with van der Waals surface area (Å²) in [5.41, 5.74) is 3.61. The van der Waals surface area contributed by atoms with Gasteiger partial charge in [0.25, 0.3) is 0 Å². The van der Waals surface area contributed by atoms with Crippen LogP contribution in [0.5, 0.6) is 0 Å². The fourth-order valence-corrected chi connectivity index (χ4v) is 1.49. The molecule has 4 nitrogen and oxygen atoms in total. The van der Waals surface area contributed by atoms with E-state index in [1.165, 1.54) is 11.3 Å². The Balaban J connectivity index is 1.96. The number of nitrogens with zero attached hydrogens (tertiary/aromatic N) is 3. The third kappa shape index (κ3) is 3.00. The van der Waals surface area contributed by atoms with E-state index in [0.29, 0.717) is 10.2 Å². The zero-order chi connectivity index (χ0) is 10.5. The second kappa shape index (κ2) is 4.86. The molecular formula is C9H7ClN4S. The summed E-state index contributed by atoms with van der Waals surface area (Å²) in [6.45, 7) is 0. The molecule has 2 aromatic rings. The van der Waals surface area contributed by atoms with Gasteiger partial charge in [-0.2, -0.15) is 0 Å². The van der Waals surface area contributed by atoms with Gasteiger partial charge in [-0.25, -0.2) is 4.98 Å². The lowest BCUT2D eigenvalue weighted by atomic mass is 10.3. The highest BCUT2D eigenvalue weighted by Crippen LogP contribution is 2.16. The quantitative estimate of drug-likeness (QED) is 0.651. The molecule has 0 amide bonds. The van der Waals surface area contributed by atoms with E-state index < -0.39 is 0 Å². The maximum absolute atomic E-state index is 5.74. The molecule has 0 saturated carbocycles.